The fourth-order valence-corrected chi connectivity index (χ4v) is 4.02. The van der Waals surface area contributed by atoms with Gasteiger partial charge in [0.1, 0.15) is 11.5 Å². The van der Waals surface area contributed by atoms with E-state index in [2.05, 4.69) is 0 Å². The van der Waals surface area contributed by atoms with Crippen molar-refractivity contribution in [2.24, 2.45) is 0 Å². The van der Waals surface area contributed by atoms with Gasteiger partial charge in [-0.3, -0.25) is 9.59 Å². The summed E-state index contributed by atoms with van der Waals surface area (Å²) < 4.78 is 0. The number of amides is 1. The molecule has 1 aliphatic heterocycles. The van der Waals surface area contributed by atoms with E-state index in [0.717, 1.165) is 23.6 Å². The van der Waals surface area contributed by atoms with Gasteiger partial charge < -0.3 is 15.1 Å². The number of carbonyl (C=O) groups is 2. The van der Waals surface area contributed by atoms with Crippen LogP contribution in [0.2, 0.25) is 0 Å². The van der Waals surface area contributed by atoms with Crippen LogP contribution >= 0.6 is 0 Å². The zero-order chi connectivity index (χ0) is 21.3. The number of aliphatic hydroxyl groups is 1. The lowest BCUT2D eigenvalue weighted by Gasteiger charge is -2.25. The molecule has 0 radical (unpaired) electrons. The van der Waals surface area contributed by atoms with E-state index < -0.39 is 17.7 Å². The first-order valence-corrected chi connectivity index (χ1v) is 10.1. The van der Waals surface area contributed by atoms with E-state index in [1.54, 1.807) is 18.2 Å². The quantitative estimate of drug-likeness (QED) is 0.367. The van der Waals surface area contributed by atoms with Gasteiger partial charge >= 0.3 is 0 Å². The smallest absolute Gasteiger partial charge is 0.295 e. The number of aromatic hydroxyl groups is 1. The van der Waals surface area contributed by atoms with Gasteiger partial charge in [0, 0.05) is 12.1 Å². The van der Waals surface area contributed by atoms with E-state index in [-0.39, 0.29) is 17.1 Å². The molecule has 152 valence electrons. The lowest BCUT2D eigenvalue weighted by atomic mass is 9.93. The number of likely N-dealkylation sites (tertiary alicyclic amines) is 1. The fourth-order valence-electron chi connectivity index (χ4n) is 4.02. The summed E-state index contributed by atoms with van der Waals surface area (Å²) in [5.74, 6) is -1.38. The SMILES string of the molecule is CCCCN1C(=O)C(=O)/C(=C(\O)c2cccc3ccccc23)C1c1ccc(O)cc1. The highest BCUT2D eigenvalue weighted by atomic mass is 16.3. The van der Waals surface area contributed by atoms with E-state index >= 15 is 0 Å². The second-order valence-electron chi connectivity index (χ2n) is 7.46. The van der Waals surface area contributed by atoms with Crippen LogP contribution in [-0.4, -0.2) is 33.3 Å². The number of ketones is 1. The molecule has 3 aromatic carbocycles. The zero-order valence-corrected chi connectivity index (χ0v) is 16.7. The van der Waals surface area contributed by atoms with Gasteiger partial charge in [-0.25, -0.2) is 0 Å². The van der Waals surface area contributed by atoms with Gasteiger partial charge in [-0.05, 0) is 34.9 Å². The van der Waals surface area contributed by atoms with Crippen molar-refractivity contribution >= 4 is 28.2 Å². The van der Waals surface area contributed by atoms with Crippen molar-refractivity contribution in [2.45, 2.75) is 25.8 Å². The topological polar surface area (TPSA) is 77.8 Å². The number of benzene rings is 3. The summed E-state index contributed by atoms with van der Waals surface area (Å²) in [6.07, 6.45) is 1.62. The standard InChI is InChI=1S/C25H23NO4/c1-2-3-15-26-22(17-11-13-18(27)14-12-17)21(24(29)25(26)30)23(28)20-10-6-8-16-7-4-5-9-19(16)20/h4-14,22,27-28H,2-3,15H2,1H3/b23-21-. The van der Waals surface area contributed by atoms with Crippen molar-refractivity contribution < 1.29 is 19.8 Å². The minimum absolute atomic E-state index is 0.0816. The number of carbonyl (C=O) groups excluding carboxylic acids is 2. The predicted octanol–water partition coefficient (Wildman–Crippen LogP) is 4.77. The molecule has 0 aromatic heterocycles. The third-order valence-electron chi connectivity index (χ3n) is 5.55. The minimum Gasteiger partial charge on any atom is -0.508 e. The Bertz CT molecular complexity index is 1140. The molecule has 0 saturated carbocycles. The van der Waals surface area contributed by atoms with Crippen LogP contribution in [0.5, 0.6) is 5.75 Å². The molecule has 5 heteroatoms. The highest BCUT2D eigenvalue weighted by Gasteiger charge is 2.45. The van der Waals surface area contributed by atoms with E-state index in [4.69, 9.17) is 0 Å². The molecule has 1 saturated heterocycles. The molecule has 0 bridgehead atoms. The van der Waals surface area contributed by atoms with Crippen LogP contribution in [0.25, 0.3) is 16.5 Å². The first kappa shape index (κ1) is 19.7. The van der Waals surface area contributed by atoms with E-state index in [9.17, 15) is 19.8 Å². The molecule has 30 heavy (non-hydrogen) atoms. The number of phenolic OH excluding ortho intramolecular Hbond substituents is 1. The van der Waals surface area contributed by atoms with Gasteiger partial charge in [0.05, 0.1) is 11.6 Å². The van der Waals surface area contributed by atoms with Gasteiger partial charge in [-0.15, -0.1) is 0 Å². The molecule has 0 spiro atoms. The van der Waals surface area contributed by atoms with Crippen LogP contribution in [0.4, 0.5) is 0 Å². The number of fused-ring (bicyclic) bond motifs is 1. The summed E-state index contributed by atoms with van der Waals surface area (Å²) in [6, 6.07) is 18.8. The first-order chi connectivity index (χ1) is 14.5. The van der Waals surface area contributed by atoms with Crippen LogP contribution in [0, 0.1) is 0 Å². The Hall–Kier alpha value is -3.60. The maximum absolute atomic E-state index is 13.0. The molecular formula is C25H23NO4. The van der Waals surface area contributed by atoms with Crippen LogP contribution in [0.3, 0.4) is 0 Å². The Morgan fingerprint density at radius 2 is 1.67 bits per heavy atom. The van der Waals surface area contributed by atoms with Crippen LogP contribution in [0.15, 0.2) is 72.3 Å². The maximum Gasteiger partial charge on any atom is 0.295 e. The number of aliphatic hydroxyl groups excluding tert-OH is 1. The van der Waals surface area contributed by atoms with Gasteiger partial charge in [-0.1, -0.05) is 67.9 Å². The van der Waals surface area contributed by atoms with Crippen LogP contribution in [-0.2, 0) is 9.59 Å². The molecule has 1 atom stereocenters. The average Bonchev–Trinajstić information content (AvgIpc) is 3.02. The average molecular weight is 401 g/mol. The maximum atomic E-state index is 13.0. The van der Waals surface area contributed by atoms with Crippen molar-refractivity contribution in [3.63, 3.8) is 0 Å². The predicted molar refractivity (Wildman–Crippen MR) is 116 cm³/mol. The second-order valence-corrected chi connectivity index (χ2v) is 7.46. The lowest BCUT2D eigenvalue weighted by Crippen LogP contribution is -2.30. The van der Waals surface area contributed by atoms with Crippen LogP contribution in [0.1, 0.15) is 36.9 Å². The van der Waals surface area contributed by atoms with Crippen molar-refractivity contribution in [3.05, 3.63) is 83.4 Å². The normalized spacial score (nSPS) is 18.3. The number of phenols is 1. The number of hydrogen-bond acceptors (Lipinski definition) is 4. The van der Waals surface area contributed by atoms with Crippen molar-refractivity contribution in [1.29, 1.82) is 0 Å². The Morgan fingerprint density at radius 1 is 0.967 bits per heavy atom. The monoisotopic (exact) mass is 401 g/mol. The highest BCUT2D eigenvalue weighted by Crippen LogP contribution is 2.40. The number of hydrogen-bond donors (Lipinski definition) is 2. The molecule has 1 fully saturated rings. The van der Waals surface area contributed by atoms with Crippen molar-refractivity contribution in [2.75, 3.05) is 6.54 Å². The summed E-state index contributed by atoms with van der Waals surface area (Å²) in [7, 11) is 0. The molecule has 1 aliphatic rings. The molecule has 1 heterocycles. The number of unbranched alkanes of at least 4 members (excludes halogenated alkanes) is 1. The number of Topliss-reactive ketones (excluding diaryl/α,β-unsaturated/α-hetero) is 1. The summed E-state index contributed by atoms with van der Waals surface area (Å²) in [4.78, 5) is 27.4. The zero-order valence-electron chi connectivity index (χ0n) is 16.7. The Kier molecular flexibility index (Phi) is 5.27. The summed E-state index contributed by atoms with van der Waals surface area (Å²) in [5.41, 5.74) is 1.27. The third kappa shape index (κ3) is 3.32. The Labute approximate surface area is 174 Å². The van der Waals surface area contributed by atoms with Gasteiger partial charge in [0.25, 0.3) is 11.7 Å². The molecule has 2 N–H and O–H groups in total. The second kappa shape index (κ2) is 8.03. The van der Waals surface area contributed by atoms with E-state index in [1.807, 2.05) is 43.3 Å². The molecule has 1 unspecified atom stereocenters. The fraction of sp³-hybridized carbons (Fsp3) is 0.200. The lowest BCUT2D eigenvalue weighted by molar-refractivity contribution is -0.139. The summed E-state index contributed by atoms with van der Waals surface area (Å²) in [6.45, 7) is 2.43. The molecule has 0 aliphatic carbocycles. The molecule has 3 aromatic rings. The molecule has 5 nitrogen and oxygen atoms in total. The summed E-state index contributed by atoms with van der Waals surface area (Å²) >= 11 is 0. The third-order valence-corrected chi connectivity index (χ3v) is 5.55. The molecule has 4 rings (SSSR count). The largest absolute Gasteiger partial charge is 0.508 e. The van der Waals surface area contributed by atoms with Crippen molar-refractivity contribution in [1.82, 2.24) is 4.90 Å². The van der Waals surface area contributed by atoms with Crippen molar-refractivity contribution in [3.8, 4) is 5.75 Å². The Balaban J connectivity index is 1.93. The van der Waals surface area contributed by atoms with E-state index in [1.165, 1.54) is 17.0 Å². The highest BCUT2D eigenvalue weighted by molar-refractivity contribution is 6.46. The first-order valence-electron chi connectivity index (χ1n) is 10.1. The van der Waals surface area contributed by atoms with Gasteiger partial charge in [0.15, 0.2) is 0 Å². The molecule has 1 amide bonds. The summed E-state index contributed by atoms with van der Waals surface area (Å²) in [5, 5.41) is 22.7. The number of rotatable bonds is 5. The number of nitrogens with zero attached hydrogens (tertiary/aromatic N) is 1. The van der Waals surface area contributed by atoms with Gasteiger partial charge in [-0.2, -0.15) is 0 Å². The van der Waals surface area contributed by atoms with E-state index in [0.29, 0.717) is 17.7 Å². The Morgan fingerprint density at radius 3 is 2.40 bits per heavy atom. The molecular weight excluding hydrogens is 378 g/mol. The minimum atomic E-state index is -0.698. The van der Waals surface area contributed by atoms with Gasteiger partial charge in [0.2, 0.25) is 0 Å². The van der Waals surface area contributed by atoms with Crippen LogP contribution < -0.4 is 0 Å².